The molecule has 2 rings (SSSR count). The number of nitrogens with zero attached hydrogens (tertiary/aromatic N) is 3. The van der Waals surface area contributed by atoms with Crippen LogP contribution in [0.4, 0.5) is 5.82 Å². The lowest BCUT2D eigenvalue weighted by molar-refractivity contribution is 0.0658. The van der Waals surface area contributed by atoms with Gasteiger partial charge >= 0.3 is 0 Å². The first-order valence-corrected chi connectivity index (χ1v) is 7.63. The number of rotatable bonds is 5. The second-order valence-electron chi connectivity index (χ2n) is 5.18. The summed E-state index contributed by atoms with van der Waals surface area (Å²) >= 11 is 6.09. The number of pyridine rings is 1. The fourth-order valence-electron chi connectivity index (χ4n) is 2.07. The predicted octanol–water partition coefficient (Wildman–Crippen LogP) is 1.45. The first-order valence-electron chi connectivity index (χ1n) is 7.25. The van der Waals surface area contributed by atoms with Gasteiger partial charge in [0.2, 0.25) is 0 Å². The van der Waals surface area contributed by atoms with Crippen LogP contribution in [0.3, 0.4) is 0 Å². The summed E-state index contributed by atoms with van der Waals surface area (Å²) < 4.78 is 0. The minimum Gasteiger partial charge on any atom is -0.370 e. The van der Waals surface area contributed by atoms with Crippen LogP contribution >= 0.6 is 11.6 Å². The highest BCUT2D eigenvalue weighted by Gasteiger charge is 2.19. The third-order valence-corrected chi connectivity index (χ3v) is 3.69. The standard InChI is InChI=1S/C14H22ClN5O/c1-3-6-16-12-5-4-11(15)13(17-12)14(21)18-20-9-7-19(2)8-10-20/h4-5H,3,6-10H2,1-2H3,(H,16,17)(H,18,21). The van der Waals surface area contributed by atoms with Gasteiger partial charge in [-0.25, -0.2) is 9.99 Å². The average molecular weight is 312 g/mol. The Balaban J connectivity index is 2.00. The van der Waals surface area contributed by atoms with Gasteiger partial charge in [0.1, 0.15) is 5.82 Å². The molecule has 2 heterocycles. The van der Waals surface area contributed by atoms with E-state index in [4.69, 9.17) is 11.6 Å². The molecule has 0 aliphatic carbocycles. The molecular formula is C14H22ClN5O. The van der Waals surface area contributed by atoms with Crippen LogP contribution in [0, 0.1) is 0 Å². The van der Waals surface area contributed by atoms with E-state index in [0.717, 1.165) is 39.1 Å². The number of nitrogens with one attached hydrogen (secondary N) is 2. The van der Waals surface area contributed by atoms with E-state index in [1.807, 2.05) is 5.01 Å². The van der Waals surface area contributed by atoms with E-state index in [1.54, 1.807) is 12.1 Å². The molecule has 1 aromatic rings. The number of anilines is 1. The van der Waals surface area contributed by atoms with Gasteiger partial charge in [0, 0.05) is 32.7 Å². The molecule has 6 nitrogen and oxygen atoms in total. The quantitative estimate of drug-likeness (QED) is 0.862. The highest BCUT2D eigenvalue weighted by Crippen LogP contribution is 2.17. The van der Waals surface area contributed by atoms with Gasteiger partial charge in [0.05, 0.1) is 5.02 Å². The molecule has 0 radical (unpaired) electrons. The summed E-state index contributed by atoms with van der Waals surface area (Å²) in [5.74, 6) is 0.412. The second kappa shape index (κ2) is 7.59. The van der Waals surface area contributed by atoms with E-state index in [1.165, 1.54) is 0 Å². The number of likely N-dealkylation sites (N-methyl/N-ethyl adjacent to an activating group) is 1. The number of carbonyl (C=O) groups excluding carboxylic acids is 1. The van der Waals surface area contributed by atoms with Gasteiger partial charge in [0.25, 0.3) is 5.91 Å². The molecule has 0 unspecified atom stereocenters. The zero-order valence-electron chi connectivity index (χ0n) is 12.5. The molecule has 7 heteroatoms. The minimum atomic E-state index is -0.260. The highest BCUT2D eigenvalue weighted by molar-refractivity contribution is 6.33. The van der Waals surface area contributed by atoms with Crippen molar-refractivity contribution >= 4 is 23.3 Å². The van der Waals surface area contributed by atoms with Crippen LogP contribution in [0.2, 0.25) is 5.02 Å². The summed E-state index contributed by atoms with van der Waals surface area (Å²) in [4.78, 5) is 18.8. The maximum Gasteiger partial charge on any atom is 0.285 e. The lowest BCUT2D eigenvalue weighted by Crippen LogP contribution is -2.52. The highest BCUT2D eigenvalue weighted by atomic mass is 35.5. The van der Waals surface area contributed by atoms with Crippen LogP contribution in [0.15, 0.2) is 12.1 Å². The van der Waals surface area contributed by atoms with Gasteiger partial charge in [-0.1, -0.05) is 18.5 Å². The van der Waals surface area contributed by atoms with Crippen molar-refractivity contribution in [3.8, 4) is 0 Å². The monoisotopic (exact) mass is 311 g/mol. The molecule has 1 amide bonds. The Morgan fingerprint density at radius 1 is 1.33 bits per heavy atom. The van der Waals surface area contributed by atoms with Crippen LogP contribution in [0.5, 0.6) is 0 Å². The third kappa shape index (κ3) is 4.56. The van der Waals surface area contributed by atoms with E-state index >= 15 is 0 Å². The summed E-state index contributed by atoms with van der Waals surface area (Å²) in [7, 11) is 2.07. The maximum atomic E-state index is 12.3. The topological polar surface area (TPSA) is 60.5 Å². The van der Waals surface area contributed by atoms with Gasteiger partial charge in [0.15, 0.2) is 5.69 Å². The van der Waals surface area contributed by atoms with E-state index in [-0.39, 0.29) is 11.6 Å². The number of piperazine rings is 1. The molecule has 0 spiro atoms. The van der Waals surface area contributed by atoms with Crippen molar-refractivity contribution in [1.29, 1.82) is 0 Å². The lowest BCUT2D eigenvalue weighted by atomic mass is 10.3. The van der Waals surface area contributed by atoms with E-state index in [9.17, 15) is 4.79 Å². The normalized spacial score (nSPS) is 16.7. The number of hydrogen-bond acceptors (Lipinski definition) is 5. The van der Waals surface area contributed by atoms with Crippen molar-refractivity contribution < 1.29 is 4.79 Å². The molecule has 2 N–H and O–H groups in total. The summed E-state index contributed by atoms with van der Waals surface area (Å²) in [5, 5.41) is 5.43. The van der Waals surface area contributed by atoms with Crippen LogP contribution in [0.1, 0.15) is 23.8 Å². The van der Waals surface area contributed by atoms with Crippen molar-refractivity contribution in [1.82, 2.24) is 20.3 Å². The molecule has 1 saturated heterocycles. The molecule has 116 valence electrons. The number of halogens is 1. The van der Waals surface area contributed by atoms with Crippen molar-refractivity contribution in [2.45, 2.75) is 13.3 Å². The van der Waals surface area contributed by atoms with Crippen molar-refractivity contribution in [3.05, 3.63) is 22.8 Å². The Kier molecular flexibility index (Phi) is 5.78. The van der Waals surface area contributed by atoms with E-state index < -0.39 is 0 Å². The van der Waals surface area contributed by atoms with Gasteiger partial charge in [-0.05, 0) is 25.6 Å². The zero-order chi connectivity index (χ0) is 15.2. The fourth-order valence-corrected chi connectivity index (χ4v) is 2.26. The van der Waals surface area contributed by atoms with Crippen LogP contribution in [-0.4, -0.2) is 60.6 Å². The molecule has 1 fully saturated rings. The molecule has 1 aliphatic heterocycles. The molecule has 0 aromatic carbocycles. The largest absolute Gasteiger partial charge is 0.370 e. The van der Waals surface area contributed by atoms with Crippen LogP contribution in [0.25, 0.3) is 0 Å². The average Bonchev–Trinajstić information content (AvgIpc) is 2.48. The summed E-state index contributed by atoms with van der Waals surface area (Å²) in [6.07, 6.45) is 0.993. The smallest absolute Gasteiger partial charge is 0.285 e. The Bertz CT molecular complexity index is 488. The fraction of sp³-hybridized carbons (Fsp3) is 0.571. The second-order valence-corrected chi connectivity index (χ2v) is 5.59. The zero-order valence-corrected chi connectivity index (χ0v) is 13.3. The number of hydrogen-bond donors (Lipinski definition) is 2. The summed E-state index contributed by atoms with van der Waals surface area (Å²) in [5.41, 5.74) is 3.13. The molecule has 0 atom stereocenters. The Labute approximate surface area is 130 Å². The molecule has 0 saturated carbocycles. The maximum absolute atomic E-state index is 12.3. The first kappa shape index (κ1) is 16.0. The molecule has 0 bridgehead atoms. The first-order chi connectivity index (χ1) is 10.1. The van der Waals surface area contributed by atoms with E-state index in [0.29, 0.717) is 10.8 Å². The number of amides is 1. The van der Waals surface area contributed by atoms with Crippen LogP contribution in [-0.2, 0) is 0 Å². The van der Waals surface area contributed by atoms with Gasteiger partial charge in [-0.2, -0.15) is 0 Å². The van der Waals surface area contributed by atoms with Crippen molar-refractivity contribution in [2.75, 3.05) is 45.1 Å². The molecular weight excluding hydrogens is 290 g/mol. The van der Waals surface area contributed by atoms with Gasteiger partial charge in [-0.15, -0.1) is 0 Å². The predicted molar refractivity (Wildman–Crippen MR) is 84.6 cm³/mol. The summed E-state index contributed by atoms with van der Waals surface area (Å²) in [6.45, 7) is 6.35. The third-order valence-electron chi connectivity index (χ3n) is 3.38. The van der Waals surface area contributed by atoms with Gasteiger partial charge < -0.3 is 10.2 Å². The van der Waals surface area contributed by atoms with Crippen LogP contribution < -0.4 is 10.7 Å². The Morgan fingerprint density at radius 3 is 2.71 bits per heavy atom. The minimum absolute atomic E-state index is 0.260. The molecule has 1 aromatic heterocycles. The molecule has 21 heavy (non-hydrogen) atoms. The Morgan fingerprint density at radius 2 is 2.05 bits per heavy atom. The number of carbonyl (C=O) groups is 1. The number of hydrazine groups is 1. The summed E-state index contributed by atoms with van der Waals surface area (Å²) in [6, 6.07) is 3.48. The van der Waals surface area contributed by atoms with E-state index in [2.05, 4.69) is 34.6 Å². The van der Waals surface area contributed by atoms with Crippen molar-refractivity contribution in [3.63, 3.8) is 0 Å². The Hall–Kier alpha value is -1.37. The van der Waals surface area contributed by atoms with Gasteiger partial charge in [-0.3, -0.25) is 10.2 Å². The lowest BCUT2D eigenvalue weighted by Gasteiger charge is -2.32. The van der Waals surface area contributed by atoms with Crippen molar-refractivity contribution in [2.24, 2.45) is 0 Å². The molecule has 1 aliphatic rings. The number of aromatic nitrogens is 1. The SMILES string of the molecule is CCCNc1ccc(Cl)c(C(=O)NN2CCN(C)CC2)n1.